The van der Waals surface area contributed by atoms with Crippen LogP contribution in [0.4, 0.5) is 0 Å². The van der Waals surface area contributed by atoms with Crippen molar-refractivity contribution in [3.8, 4) is 0 Å². The molecule has 1 aliphatic rings. The minimum absolute atomic E-state index is 0.0213. The predicted octanol–water partition coefficient (Wildman–Crippen LogP) is 2.45. The van der Waals surface area contributed by atoms with E-state index in [1.165, 1.54) is 11.8 Å². The van der Waals surface area contributed by atoms with Crippen molar-refractivity contribution < 1.29 is 4.79 Å². The van der Waals surface area contributed by atoms with Gasteiger partial charge in [0.1, 0.15) is 11.3 Å². The highest BCUT2D eigenvalue weighted by molar-refractivity contribution is 5.92. The van der Waals surface area contributed by atoms with Gasteiger partial charge in [-0.3, -0.25) is 9.78 Å². The van der Waals surface area contributed by atoms with Crippen molar-refractivity contribution in [3.05, 3.63) is 54.4 Å². The van der Waals surface area contributed by atoms with E-state index >= 15 is 0 Å². The molecule has 0 aliphatic carbocycles. The number of aromatic amines is 1. The van der Waals surface area contributed by atoms with Crippen molar-refractivity contribution in [2.24, 2.45) is 5.92 Å². The van der Waals surface area contributed by atoms with Crippen LogP contribution in [0, 0.1) is 5.92 Å². The number of likely N-dealkylation sites (tertiary alicyclic amines) is 1. The van der Waals surface area contributed by atoms with Gasteiger partial charge in [-0.05, 0) is 42.9 Å². The summed E-state index contributed by atoms with van der Waals surface area (Å²) in [5.74, 6) is 0.435. The molecule has 1 saturated heterocycles. The summed E-state index contributed by atoms with van der Waals surface area (Å²) in [6.45, 7) is 1.56. The average molecular weight is 321 g/mol. The van der Waals surface area contributed by atoms with Gasteiger partial charge >= 0.3 is 0 Å². The summed E-state index contributed by atoms with van der Waals surface area (Å²) in [7, 11) is 0. The zero-order chi connectivity index (χ0) is 16.4. The predicted molar refractivity (Wildman–Crippen MR) is 90.5 cm³/mol. The molecule has 4 heterocycles. The molecule has 0 aromatic carbocycles. The number of hydrogen-bond donors (Lipinski definition) is 1. The third-order valence-electron chi connectivity index (χ3n) is 4.57. The van der Waals surface area contributed by atoms with E-state index in [0.717, 1.165) is 43.4 Å². The smallest absolute Gasteiger partial charge is 0.274 e. The highest BCUT2D eigenvalue weighted by atomic mass is 16.2. The number of carbonyl (C=O) groups excluding carboxylic acids is 1. The number of carbonyl (C=O) groups is 1. The number of pyridine rings is 1. The van der Waals surface area contributed by atoms with Crippen molar-refractivity contribution >= 4 is 16.9 Å². The van der Waals surface area contributed by atoms with Gasteiger partial charge in [0.25, 0.3) is 5.91 Å². The Hall–Kier alpha value is -2.76. The Morgan fingerprint density at radius 1 is 1.29 bits per heavy atom. The summed E-state index contributed by atoms with van der Waals surface area (Å²) in [5.41, 5.74) is 2.57. The Bertz CT molecular complexity index is 845. The molecule has 122 valence electrons. The van der Waals surface area contributed by atoms with Gasteiger partial charge in [0.2, 0.25) is 0 Å². The van der Waals surface area contributed by atoms with E-state index in [2.05, 4.69) is 26.0 Å². The SMILES string of the molecule is O=C(c1cnccn1)N1CCCC(Cc2cnc3[nH]ccc3c2)C1. The number of nitrogens with zero attached hydrogens (tertiary/aromatic N) is 4. The molecule has 1 fully saturated rings. The molecule has 1 unspecified atom stereocenters. The summed E-state index contributed by atoms with van der Waals surface area (Å²) >= 11 is 0. The number of rotatable bonds is 3. The van der Waals surface area contributed by atoms with Crippen molar-refractivity contribution in [1.82, 2.24) is 24.8 Å². The molecule has 6 nitrogen and oxygen atoms in total. The van der Waals surface area contributed by atoms with Crippen LogP contribution in [0.1, 0.15) is 28.9 Å². The van der Waals surface area contributed by atoms with Crippen LogP contribution in [0.2, 0.25) is 0 Å². The lowest BCUT2D eigenvalue weighted by Gasteiger charge is -2.32. The largest absolute Gasteiger partial charge is 0.346 e. The first-order chi connectivity index (χ1) is 11.8. The van der Waals surface area contributed by atoms with Gasteiger partial charge in [0, 0.05) is 43.3 Å². The quantitative estimate of drug-likeness (QED) is 0.804. The van der Waals surface area contributed by atoms with Gasteiger partial charge in [-0.2, -0.15) is 0 Å². The molecule has 6 heteroatoms. The zero-order valence-electron chi connectivity index (χ0n) is 13.4. The van der Waals surface area contributed by atoms with Crippen LogP contribution >= 0.6 is 0 Å². The Morgan fingerprint density at radius 2 is 2.25 bits per heavy atom. The minimum atomic E-state index is -0.0213. The molecule has 24 heavy (non-hydrogen) atoms. The standard InChI is InChI=1S/C18H19N5O/c24-18(16-11-19-5-6-20-16)23-7-1-2-13(12-23)8-14-9-15-3-4-21-17(15)22-10-14/h3-6,9-11,13H,1-2,7-8,12H2,(H,21,22). The van der Waals surface area contributed by atoms with E-state index in [0.29, 0.717) is 11.6 Å². The van der Waals surface area contributed by atoms with E-state index in [9.17, 15) is 4.79 Å². The van der Waals surface area contributed by atoms with Crippen LogP contribution in [0.3, 0.4) is 0 Å². The summed E-state index contributed by atoms with van der Waals surface area (Å²) in [5, 5.41) is 1.14. The van der Waals surface area contributed by atoms with Gasteiger partial charge in [-0.1, -0.05) is 0 Å². The van der Waals surface area contributed by atoms with E-state index in [-0.39, 0.29) is 5.91 Å². The number of hydrogen-bond acceptors (Lipinski definition) is 4. The third kappa shape index (κ3) is 2.99. The van der Waals surface area contributed by atoms with Crippen molar-refractivity contribution in [1.29, 1.82) is 0 Å². The number of amides is 1. The Balaban J connectivity index is 1.45. The fourth-order valence-corrected chi connectivity index (χ4v) is 3.42. The fourth-order valence-electron chi connectivity index (χ4n) is 3.42. The lowest BCUT2D eigenvalue weighted by Crippen LogP contribution is -2.40. The van der Waals surface area contributed by atoms with Crippen molar-refractivity contribution in [2.75, 3.05) is 13.1 Å². The summed E-state index contributed by atoms with van der Waals surface area (Å²) in [4.78, 5) is 30.1. The van der Waals surface area contributed by atoms with Crippen LogP contribution in [0.25, 0.3) is 11.0 Å². The molecule has 0 spiro atoms. The van der Waals surface area contributed by atoms with Crippen LogP contribution in [-0.2, 0) is 6.42 Å². The first-order valence-electron chi connectivity index (χ1n) is 8.27. The number of fused-ring (bicyclic) bond motifs is 1. The number of aromatic nitrogens is 4. The molecule has 0 saturated carbocycles. The molecule has 0 radical (unpaired) electrons. The normalized spacial score (nSPS) is 18.0. The van der Waals surface area contributed by atoms with Gasteiger partial charge in [0.15, 0.2) is 0 Å². The molecule has 3 aromatic rings. The summed E-state index contributed by atoms with van der Waals surface area (Å²) < 4.78 is 0. The molecular formula is C18H19N5O. The molecule has 0 bridgehead atoms. The highest BCUT2D eigenvalue weighted by Crippen LogP contribution is 2.23. The van der Waals surface area contributed by atoms with Crippen LogP contribution in [-0.4, -0.2) is 43.8 Å². The van der Waals surface area contributed by atoms with Gasteiger partial charge in [0.05, 0.1) is 6.20 Å². The zero-order valence-corrected chi connectivity index (χ0v) is 13.4. The van der Waals surface area contributed by atoms with E-state index in [1.54, 1.807) is 12.4 Å². The topological polar surface area (TPSA) is 74.8 Å². The van der Waals surface area contributed by atoms with E-state index < -0.39 is 0 Å². The fraction of sp³-hybridized carbons (Fsp3) is 0.333. The van der Waals surface area contributed by atoms with Gasteiger partial charge in [-0.25, -0.2) is 9.97 Å². The monoisotopic (exact) mass is 321 g/mol. The third-order valence-corrected chi connectivity index (χ3v) is 4.57. The molecule has 1 amide bonds. The maximum atomic E-state index is 12.5. The van der Waals surface area contributed by atoms with Crippen LogP contribution < -0.4 is 0 Å². The second-order valence-electron chi connectivity index (χ2n) is 6.31. The lowest BCUT2D eigenvalue weighted by atomic mass is 9.91. The Morgan fingerprint density at radius 3 is 3.12 bits per heavy atom. The van der Waals surface area contributed by atoms with Crippen molar-refractivity contribution in [3.63, 3.8) is 0 Å². The minimum Gasteiger partial charge on any atom is -0.346 e. The molecular weight excluding hydrogens is 302 g/mol. The molecule has 4 rings (SSSR count). The lowest BCUT2D eigenvalue weighted by molar-refractivity contribution is 0.0667. The van der Waals surface area contributed by atoms with E-state index in [1.807, 2.05) is 23.4 Å². The molecule has 1 N–H and O–H groups in total. The first kappa shape index (κ1) is 14.8. The van der Waals surface area contributed by atoms with E-state index in [4.69, 9.17) is 0 Å². The summed E-state index contributed by atoms with van der Waals surface area (Å²) in [6.07, 6.45) is 11.6. The van der Waals surface area contributed by atoms with Crippen molar-refractivity contribution in [2.45, 2.75) is 19.3 Å². The highest BCUT2D eigenvalue weighted by Gasteiger charge is 2.25. The average Bonchev–Trinajstić information content (AvgIpc) is 3.10. The van der Waals surface area contributed by atoms with Crippen LogP contribution in [0.5, 0.6) is 0 Å². The maximum absolute atomic E-state index is 12.5. The molecule has 3 aromatic heterocycles. The second kappa shape index (κ2) is 6.39. The van der Waals surface area contributed by atoms with Crippen LogP contribution in [0.15, 0.2) is 43.1 Å². The molecule has 1 aliphatic heterocycles. The number of piperidine rings is 1. The number of H-pyrrole nitrogens is 1. The maximum Gasteiger partial charge on any atom is 0.274 e. The Labute approximate surface area is 140 Å². The summed E-state index contributed by atoms with van der Waals surface area (Å²) in [6, 6.07) is 4.22. The van der Waals surface area contributed by atoms with Gasteiger partial charge < -0.3 is 9.88 Å². The molecule has 1 atom stereocenters. The second-order valence-corrected chi connectivity index (χ2v) is 6.31. The van der Waals surface area contributed by atoms with Gasteiger partial charge in [-0.15, -0.1) is 0 Å². The first-order valence-corrected chi connectivity index (χ1v) is 8.27. The number of nitrogens with one attached hydrogen (secondary N) is 1. The Kier molecular flexibility index (Phi) is 3.94.